The number of carbonyl (C=O) groups excluding carboxylic acids is 1. The van der Waals surface area contributed by atoms with Gasteiger partial charge in [-0.3, -0.25) is 0 Å². The van der Waals surface area contributed by atoms with Crippen molar-refractivity contribution < 1.29 is 9.53 Å². The van der Waals surface area contributed by atoms with E-state index in [1.807, 2.05) is 6.07 Å². The number of anilines is 2. The highest BCUT2D eigenvalue weighted by molar-refractivity contribution is 5.96. The van der Waals surface area contributed by atoms with Crippen LogP contribution in [0.2, 0.25) is 0 Å². The van der Waals surface area contributed by atoms with Gasteiger partial charge in [0.1, 0.15) is 0 Å². The minimum atomic E-state index is -0.413. The molecule has 4 heteroatoms. The fourth-order valence-corrected chi connectivity index (χ4v) is 2.00. The highest BCUT2D eigenvalue weighted by atomic mass is 16.5. The molecule has 0 unspecified atom stereocenters. The van der Waals surface area contributed by atoms with E-state index < -0.39 is 5.97 Å². The summed E-state index contributed by atoms with van der Waals surface area (Å²) in [7, 11) is 1.35. The van der Waals surface area contributed by atoms with Gasteiger partial charge in [-0.05, 0) is 38.5 Å². The first-order valence-corrected chi connectivity index (χ1v) is 6.15. The Morgan fingerprint density at radius 3 is 2.67 bits per heavy atom. The van der Waals surface area contributed by atoms with Crippen LogP contribution in [0.15, 0.2) is 18.2 Å². The molecule has 0 fully saturated rings. The van der Waals surface area contributed by atoms with Gasteiger partial charge >= 0.3 is 5.97 Å². The fourth-order valence-electron chi connectivity index (χ4n) is 2.00. The summed E-state index contributed by atoms with van der Waals surface area (Å²) in [5.74, 6) is -0.413. The van der Waals surface area contributed by atoms with E-state index in [2.05, 4.69) is 26.1 Å². The Hall–Kier alpha value is -1.71. The minimum Gasteiger partial charge on any atom is -0.465 e. The molecule has 4 nitrogen and oxygen atoms in total. The zero-order valence-corrected chi connectivity index (χ0v) is 11.5. The average Bonchev–Trinajstić information content (AvgIpc) is 2.30. The molecule has 0 bridgehead atoms. The van der Waals surface area contributed by atoms with Crippen LogP contribution >= 0.6 is 0 Å². The summed E-state index contributed by atoms with van der Waals surface area (Å²) in [6.07, 6.45) is 2.14. The molecule has 0 aliphatic carbocycles. The van der Waals surface area contributed by atoms with Crippen LogP contribution in [0.25, 0.3) is 0 Å². The van der Waals surface area contributed by atoms with Gasteiger partial charge in [0.25, 0.3) is 0 Å². The molecule has 1 rings (SSSR count). The second-order valence-corrected chi connectivity index (χ2v) is 5.05. The van der Waals surface area contributed by atoms with Crippen molar-refractivity contribution in [2.45, 2.75) is 39.2 Å². The van der Waals surface area contributed by atoms with Crippen LogP contribution in [-0.2, 0) is 4.74 Å². The maximum absolute atomic E-state index is 11.5. The van der Waals surface area contributed by atoms with Gasteiger partial charge in [-0.2, -0.15) is 0 Å². The summed E-state index contributed by atoms with van der Waals surface area (Å²) >= 11 is 0. The molecule has 0 heterocycles. The number of rotatable bonds is 5. The molecule has 18 heavy (non-hydrogen) atoms. The van der Waals surface area contributed by atoms with Crippen LogP contribution in [0.1, 0.15) is 44.0 Å². The van der Waals surface area contributed by atoms with Crippen LogP contribution in [0.3, 0.4) is 0 Å². The summed E-state index contributed by atoms with van der Waals surface area (Å²) in [5.41, 5.74) is 7.45. The molecule has 1 aromatic rings. The first-order valence-electron chi connectivity index (χ1n) is 6.15. The first-order chi connectivity index (χ1) is 8.39. The lowest BCUT2D eigenvalue weighted by Crippen LogP contribution is -2.30. The van der Waals surface area contributed by atoms with Crippen LogP contribution in [0.5, 0.6) is 0 Å². The lowest BCUT2D eigenvalue weighted by molar-refractivity contribution is 0.0602. The molecule has 3 N–H and O–H groups in total. The zero-order valence-electron chi connectivity index (χ0n) is 11.5. The van der Waals surface area contributed by atoms with Crippen molar-refractivity contribution in [3.63, 3.8) is 0 Å². The summed E-state index contributed by atoms with van der Waals surface area (Å²) < 4.78 is 4.70. The zero-order chi connectivity index (χ0) is 13.8. The van der Waals surface area contributed by atoms with Crippen molar-refractivity contribution in [1.29, 1.82) is 0 Å². The van der Waals surface area contributed by atoms with E-state index in [4.69, 9.17) is 10.5 Å². The second kappa shape index (κ2) is 5.76. The molecule has 0 aliphatic rings. The standard InChI is InChI=1S/C14H22N2O2/c1-5-8-14(2,3)16-10-6-7-12(15)11(9-10)13(17)18-4/h6-7,9,16H,5,8,15H2,1-4H3. The summed E-state index contributed by atoms with van der Waals surface area (Å²) in [6, 6.07) is 5.33. The monoisotopic (exact) mass is 250 g/mol. The van der Waals surface area contributed by atoms with Gasteiger partial charge in [0.05, 0.1) is 12.7 Å². The first kappa shape index (κ1) is 14.4. The molecule has 0 saturated carbocycles. The maximum Gasteiger partial charge on any atom is 0.340 e. The number of ether oxygens (including phenoxy) is 1. The predicted octanol–water partition coefficient (Wildman–Crippen LogP) is 3.05. The number of carbonyl (C=O) groups is 1. The third-order valence-electron chi connectivity index (χ3n) is 2.82. The Morgan fingerprint density at radius 1 is 1.44 bits per heavy atom. The molecular weight excluding hydrogens is 228 g/mol. The normalized spacial score (nSPS) is 11.1. The lowest BCUT2D eigenvalue weighted by Gasteiger charge is -2.27. The number of hydrogen-bond acceptors (Lipinski definition) is 4. The Labute approximate surface area is 109 Å². The topological polar surface area (TPSA) is 64.3 Å². The number of methoxy groups -OCH3 is 1. The van der Waals surface area contributed by atoms with Gasteiger partial charge in [-0.15, -0.1) is 0 Å². The van der Waals surface area contributed by atoms with E-state index in [9.17, 15) is 4.79 Å². The van der Waals surface area contributed by atoms with Crippen LogP contribution in [0.4, 0.5) is 11.4 Å². The molecule has 0 aromatic heterocycles. The highest BCUT2D eigenvalue weighted by Crippen LogP contribution is 2.23. The van der Waals surface area contributed by atoms with Gasteiger partial charge in [-0.25, -0.2) is 4.79 Å². The van der Waals surface area contributed by atoms with E-state index in [1.165, 1.54) is 7.11 Å². The van der Waals surface area contributed by atoms with Crippen molar-refractivity contribution in [3.05, 3.63) is 23.8 Å². The molecule has 100 valence electrons. The third kappa shape index (κ3) is 3.65. The summed E-state index contributed by atoms with van der Waals surface area (Å²) in [5, 5.41) is 3.40. The predicted molar refractivity (Wildman–Crippen MR) is 74.8 cm³/mol. The Bertz CT molecular complexity index is 428. The maximum atomic E-state index is 11.5. The molecule has 1 aromatic carbocycles. The Morgan fingerprint density at radius 2 is 2.11 bits per heavy atom. The van der Waals surface area contributed by atoms with Crippen molar-refractivity contribution >= 4 is 17.3 Å². The number of esters is 1. The third-order valence-corrected chi connectivity index (χ3v) is 2.82. The van der Waals surface area contributed by atoms with Crippen LogP contribution < -0.4 is 11.1 Å². The molecule has 0 aliphatic heterocycles. The van der Waals surface area contributed by atoms with Gasteiger partial charge in [0, 0.05) is 16.9 Å². The molecule has 0 spiro atoms. The largest absolute Gasteiger partial charge is 0.465 e. The number of hydrogen-bond donors (Lipinski definition) is 2. The van der Waals surface area contributed by atoms with Crippen molar-refractivity contribution in [3.8, 4) is 0 Å². The molecule has 0 radical (unpaired) electrons. The van der Waals surface area contributed by atoms with Gasteiger partial charge in [-0.1, -0.05) is 13.3 Å². The van der Waals surface area contributed by atoms with E-state index in [1.54, 1.807) is 12.1 Å². The van der Waals surface area contributed by atoms with Crippen molar-refractivity contribution in [2.24, 2.45) is 0 Å². The average molecular weight is 250 g/mol. The Kier molecular flexibility index (Phi) is 4.59. The minimum absolute atomic E-state index is 0.0156. The quantitative estimate of drug-likeness (QED) is 0.622. The number of benzene rings is 1. The molecular formula is C14H22N2O2. The molecule has 0 atom stereocenters. The van der Waals surface area contributed by atoms with Gasteiger partial charge in [0.2, 0.25) is 0 Å². The lowest BCUT2D eigenvalue weighted by atomic mass is 9.98. The number of nitrogens with two attached hydrogens (primary N) is 1. The van der Waals surface area contributed by atoms with E-state index in [0.29, 0.717) is 11.3 Å². The molecule has 0 saturated heterocycles. The fraction of sp³-hybridized carbons (Fsp3) is 0.500. The number of nitrogens with one attached hydrogen (secondary N) is 1. The molecule has 0 amide bonds. The van der Waals surface area contributed by atoms with E-state index >= 15 is 0 Å². The second-order valence-electron chi connectivity index (χ2n) is 5.05. The highest BCUT2D eigenvalue weighted by Gasteiger charge is 2.17. The summed E-state index contributed by atoms with van der Waals surface area (Å²) in [4.78, 5) is 11.5. The number of nitrogen functional groups attached to an aromatic ring is 1. The summed E-state index contributed by atoms with van der Waals surface area (Å²) in [6.45, 7) is 6.40. The van der Waals surface area contributed by atoms with Gasteiger partial charge < -0.3 is 15.8 Å². The smallest absolute Gasteiger partial charge is 0.340 e. The van der Waals surface area contributed by atoms with E-state index in [-0.39, 0.29) is 5.54 Å². The van der Waals surface area contributed by atoms with Crippen LogP contribution in [-0.4, -0.2) is 18.6 Å². The van der Waals surface area contributed by atoms with Crippen LogP contribution in [0, 0.1) is 0 Å². The SMILES string of the molecule is CCCC(C)(C)Nc1ccc(N)c(C(=O)OC)c1. The van der Waals surface area contributed by atoms with E-state index in [0.717, 1.165) is 18.5 Å². The van der Waals surface area contributed by atoms with Crippen molar-refractivity contribution in [2.75, 3.05) is 18.2 Å². The van der Waals surface area contributed by atoms with Gasteiger partial charge in [0.15, 0.2) is 0 Å². The van der Waals surface area contributed by atoms with Crippen molar-refractivity contribution in [1.82, 2.24) is 0 Å². The Balaban J connectivity index is 2.95.